The third kappa shape index (κ3) is 1.58. The van der Waals surface area contributed by atoms with Gasteiger partial charge in [0.2, 0.25) is 0 Å². The van der Waals surface area contributed by atoms with Crippen molar-refractivity contribution in [2.24, 2.45) is 28.1 Å². The summed E-state index contributed by atoms with van der Waals surface area (Å²) in [5.41, 5.74) is 2.46. The smallest absolute Gasteiger partial charge is 0.0844 e. The standard InChI is InChI=1S/C20H30O2/c1-12-13-6-7-15-19(4)9-5-8-18(2,3)16(19)14(21)11-20(15,10-13)17(12)22/h7,13-14,16-17,21-22H,1,5-6,8-11H2,2-4H3/t13-,14+,16-,17-,19+,20+/m1/s1. The van der Waals surface area contributed by atoms with Crippen LogP contribution in [-0.2, 0) is 0 Å². The number of aliphatic hydroxyl groups is 2. The summed E-state index contributed by atoms with van der Waals surface area (Å²) in [5, 5.41) is 22.0. The first kappa shape index (κ1) is 15.0. The molecular formula is C20H30O2. The Balaban J connectivity index is 1.87. The fraction of sp³-hybridized carbons (Fsp3) is 0.800. The van der Waals surface area contributed by atoms with Gasteiger partial charge in [0.05, 0.1) is 12.2 Å². The lowest BCUT2D eigenvalue weighted by Crippen LogP contribution is -2.59. The zero-order chi connectivity index (χ0) is 15.9. The number of rotatable bonds is 0. The average molecular weight is 302 g/mol. The molecular weight excluding hydrogens is 272 g/mol. The van der Waals surface area contributed by atoms with Crippen LogP contribution in [0.1, 0.15) is 59.3 Å². The van der Waals surface area contributed by atoms with Gasteiger partial charge in [-0.15, -0.1) is 0 Å². The average Bonchev–Trinajstić information content (AvgIpc) is 2.58. The Morgan fingerprint density at radius 3 is 2.59 bits per heavy atom. The van der Waals surface area contributed by atoms with Gasteiger partial charge in [0.1, 0.15) is 0 Å². The molecule has 2 nitrogen and oxygen atoms in total. The molecule has 0 radical (unpaired) electrons. The first-order valence-corrected chi connectivity index (χ1v) is 8.98. The summed E-state index contributed by atoms with van der Waals surface area (Å²) in [7, 11) is 0. The lowest BCUT2D eigenvalue weighted by atomic mass is 9.43. The highest BCUT2D eigenvalue weighted by molar-refractivity contribution is 5.42. The van der Waals surface area contributed by atoms with Crippen LogP contribution in [0, 0.1) is 28.1 Å². The van der Waals surface area contributed by atoms with Crippen LogP contribution in [0.25, 0.3) is 0 Å². The molecule has 2 bridgehead atoms. The molecule has 0 aromatic carbocycles. The van der Waals surface area contributed by atoms with E-state index in [1.165, 1.54) is 18.4 Å². The van der Waals surface area contributed by atoms with E-state index in [0.717, 1.165) is 31.3 Å². The van der Waals surface area contributed by atoms with Crippen LogP contribution in [-0.4, -0.2) is 22.4 Å². The molecule has 0 amide bonds. The van der Waals surface area contributed by atoms with Crippen LogP contribution in [0.2, 0.25) is 0 Å². The number of fused-ring (bicyclic) bond motifs is 3. The molecule has 0 unspecified atom stereocenters. The van der Waals surface area contributed by atoms with E-state index in [1.807, 2.05) is 0 Å². The third-order valence-corrected chi connectivity index (χ3v) is 7.77. The summed E-state index contributed by atoms with van der Waals surface area (Å²) >= 11 is 0. The molecule has 3 saturated carbocycles. The Labute approximate surface area is 134 Å². The van der Waals surface area contributed by atoms with Gasteiger partial charge in [0, 0.05) is 5.41 Å². The second kappa shape index (κ2) is 4.27. The van der Waals surface area contributed by atoms with Crippen LogP contribution < -0.4 is 0 Å². The normalized spacial score (nSPS) is 52.8. The summed E-state index contributed by atoms with van der Waals surface area (Å²) in [5.74, 6) is 0.728. The second-order valence-corrected chi connectivity index (χ2v) is 9.40. The molecule has 4 aliphatic rings. The minimum Gasteiger partial charge on any atom is -0.393 e. The van der Waals surface area contributed by atoms with Crippen molar-refractivity contribution in [1.82, 2.24) is 0 Å². The number of aliphatic hydroxyl groups excluding tert-OH is 2. The Hall–Kier alpha value is -0.600. The van der Waals surface area contributed by atoms with Crippen LogP contribution in [0.5, 0.6) is 0 Å². The molecule has 0 aromatic rings. The highest BCUT2D eigenvalue weighted by Crippen LogP contribution is 2.70. The van der Waals surface area contributed by atoms with Gasteiger partial charge in [-0.25, -0.2) is 0 Å². The molecule has 0 saturated heterocycles. The van der Waals surface area contributed by atoms with Crippen LogP contribution in [0.15, 0.2) is 23.8 Å². The van der Waals surface area contributed by atoms with Gasteiger partial charge >= 0.3 is 0 Å². The van der Waals surface area contributed by atoms with Crippen molar-refractivity contribution in [3.8, 4) is 0 Å². The van der Waals surface area contributed by atoms with E-state index in [-0.39, 0.29) is 22.3 Å². The fourth-order valence-corrected chi connectivity index (χ4v) is 7.15. The van der Waals surface area contributed by atoms with Crippen LogP contribution in [0.4, 0.5) is 0 Å². The van der Waals surface area contributed by atoms with Gasteiger partial charge in [-0.05, 0) is 60.3 Å². The molecule has 122 valence electrons. The van der Waals surface area contributed by atoms with Gasteiger partial charge in [-0.1, -0.05) is 45.4 Å². The second-order valence-electron chi connectivity index (χ2n) is 9.40. The van der Waals surface area contributed by atoms with Gasteiger partial charge in [0.25, 0.3) is 0 Å². The van der Waals surface area contributed by atoms with Crippen molar-refractivity contribution in [2.75, 3.05) is 0 Å². The maximum atomic E-state index is 11.1. The lowest BCUT2D eigenvalue weighted by Gasteiger charge is -2.62. The largest absolute Gasteiger partial charge is 0.393 e. The molecule has 4 rings (SSSR count). The zero-order valence-electron chi connectivity index (χ0n) is 14.2. The topological polar surface area (TPSA) is 40.5 Å². The van der Waals surface area contributed by atoms with Crippen LogP contribution in [0.3, 0.4) is 0 Å². The monoisotopic (exact) mass is 302 g/mol. The minimum absolute atomic E-state index is 0.0377. The molecule has 2 heteroatoms. The summed E-state index contributed by atoms with van der Waals surface area (Å²) < 4.78 is 0. The SMILES string of the molecule is C=C1[C@@H]2CC=C3[C@](C2)(C[C@H](O)[C@@H]2C(C)(C)CCC[C@@]32C)[C@@H]1O. The summed E-state index contributed by atoms with van der Waals surface area (Å²) in [6.07, 6.45) is 7.98. The number of allylic oxidation sites excluding steroid dienone is 1. The predicted octanol–water partition coefficient (Wildman–Crippen LogP) is 3.84. The fourth-order valence-electron chi connectivity index (χ4n) is 7.15. The van der Waals surface area contributed by atoms with Crippen LogP contribution >= 0.6 is 0 Å². The van der Waals surface area contributed by atoms with Crippen molar-refractivity contribution in [3.63, 3.8) is 0 Å². The van der Waals surface area contributed by atoms with E-state index < -0.39 is 6.10 Å². The maximum Gasteiger partial charge on any atom is 0.0844 e. The van der Waals surface area contributed by atoms with E-state index in [4.69, 9.17) is 0 Å². The van der Waals surface area contributed by atoms with E-state index in [2.05, 4.69) is 33.4 Å². The van der Waals surface area contributed by atoms with E-state index in [0.29, 0.717) is 11.8 Å². The molecule has 0 aliphatic heterocycles. The van der Waals surface area contributed by atoms with Gasteiger partial charge in [0.15, 0.2) is 0 Å². The Kier molecular flexibility index (Phi) is 2.90. The highest BCUT2D eigenvalue weighted by Gasteiger charge is 2.65. The van der Waals surface area contributed by atoms with E-state index >= 15 is 0 Å². The highest BCUT2D eigenvalue weighted by atomic mass is 16.3. The molecule has 2 N–H and O–H groups in total. The Bertz CT molecular complexity index is 560. The van der Waals surface area contributed by atoms with E-state index in [9.17, 15) is 10.2 Å². The first-order chi connectivity index (χ1) is 10.2. The first-order valence-electron chi connectivity index (χ1n) is 8.98. The summed E-state index contributed by atoms with van der Waals surface area (Å²) in [6.45, 7) is 11.2. The summed E-state index contributed by atoms with van der Waals surface area (Å²) in [6, 6.07) is 0. The molecule has 22 heavy (non-hydrogen) atoms. The van der Waals surface area contributed by atoms with Gasteiger partial charge in [-0.2, -0.15) is 0 Å². The number of hydrogen-bond acceptors (Lipinski definition) is 2. The predicted molar refractivity (Wildman–Crippen MR) is 88.2 cm³/mol. The molecule has 0 heterocycles. The third-order valence-electron chi connectivity index (χ3n) is 7.77. The Morgan fingerprint density at radius 1 is 1.14 bits per heavy atom. The molecule has 0 aromatic heterocycles. The van der Waals surface area contributed by atoms with E-state index in [1.54, 1.807) is 0 Å². The molecule has 4 aliphatic carbocycles. The number of hydrogen-bond donors (Lipinski definition) is 2. The lowest BCUT2D eigenvalue weighted by molar-refractivity contribution is -0.128. The van der Waals surface area contributed by atoms with Crippen molar-refractivity contribution in [1.29, 1.82) is 0 Å². The van der Waals surface area contributed by atoms with Crippen molar-refractivity contribution in [2.45, 2.75) is 71.5 Å². The zero-order valence-corrected chi connectivity index (χ0v) is 14.2. The summed E-state index contributed by atoms with van der Waals surface area (Å²) in [4.78, 5) is 0. The molecule has 6 atom stereocenters. The quantitative estimate of drug-likeness (QED) is 0.668. The van der Waals surface area contributed by atoms with Gasteiger partial charge in [-0.3, -0.25) is 0 Å². The minimum atomic E-state index is -0.455. The van der Waals surface area contributed by atoms with Gasteiger partial charge < -0.3 is 10.2 Å². The van der Waals surface area contributed by atoms with Crippen molar-refractivity contribution in [3.05, 3.63) is 23.8 Å². The molecule has 3 fully saturated rings. The maximum absolute atomic E-state index is 11.1. The molecule has 1 spiro atoms. The Morgan fingerprint density at radius 2 is 1.86 bits per heavy atom. The van der Waals surface area contributed by atoms with Crippen molar-refractivity contribution >= 4 is 0 Å². The van der Waals surface area contributed by atoms with Crippen molar-refractivity contribution < 1.29 is 10.2 Å².